The second kappa shape index (κ2) is 83.9. The fraction of sp³-hybridized carbons (Fsp3) is 1.00. The Morgan fingerprint density at radius 3 is 0.412 bits per heavy atom. The molecule has 0 bridgehead atoms. The molecule has 0 aromatic carbocycles. The maximum atomic E-state index is 4.90. The van der Waals surface area contributed by atoms with Gasteiger partial charge in [-0.25, -0.2) is 0 Å². The van der Waals surface area contributed by atoms with Crippen LogP contribution in [0, 0.1) is 0 Å². The zero-order valence-corrected chi connectivity index (χ0v) is 14.8. The molecule has 6 nitrogen and oxygen atoms in total. The molecule has 116 valence electrons. The fourth-order valence-corrected chi connectivity index (χ4v) is 0. The Balaban J connectivity index is -0.0000000104. The van der Waals surface area contributed by atoms with Gasteiger partial charge in [-0.1, -0.05) is 0 Å². The van der Waals surface area contributed by atoms with Crippen LogP contribution in [0.5, 0.6) is 0 Å². The Bertz CT molecular complexity index is 46.0. The van der Waals surface area contributed by atoms with Crippen LogP contribution in [-0.4, -0.2) is 39.3 Å². The van der Waals surface area contributed by atoms with E-state index in [0.717, 1.165) is 0 Å². The van der Waals surface area contributed by atoms with Crippen molar-refractivity contribution in [3.05, 3.63) is 0 Å². The summed E-state index contributed by atoms with van der Waals surface area (Å²) in [5, 5.41) is 0. The summed E-state index contributed by atoms with van der Waals surface area (Å²) in [6.07, 6.45) is 0. The topological polar surface area (TPSA) is 156 Å². The van der Waals surface area contributed by atoms with Gasteiger partial charge in [0.25, 0.3) is 0 Å². The summed E-state index contributed by atoms with van der Waals surface area (Å²) < 4.78 is 0. The first-order valence-electron chi connectivity index (χ1n) is 3.95. The Kier molecular flexibility index (Phi) is 253. The van der Waals surface area contributed by atoms with Crippen LogP contribution in [0.2, 0.25) is 0 Å². The van der Waals surface area contributed by atoms with E-state index in [9.17, 15) is 0 Å². The van der Waals surface area contributed by atoms with E-state index >= 15 is 0 Å². The van der Waals surface area contributed by atoms with Crippen LogP contribution in [-0.2, 0) is 21.1 Å². The van der Waals surface area contributed by atoms with Gasteiger partial charge in [-0.05, 0) is 0 Å². The molecule has 0 aromatic heterocycles. The maximum absolute atomic E-state index is 4.90. The molecule has 12 N–H and O–H groups in total. The number of halogens is 4. The van der Waals surface area contributed by atoms with Crippen molar-refractivity contribution in [2.75, 3.05) is 39.3 Å². The van der Waals surface area contributed by atoms with Crippen molar-refractivity contribution in [1.82, 2.24) is 0 Å². The molecule has 0 unspecified atom stereocenters. The second-order valence-electron chi connectivity index (χ2n) is 1.73. The van der Waals surface area contributed by atoms with Crippen LogP contribution in [0.4, 0.5) is 0 Å². The molecular formula is C6H24Cl4N6Pt. The molecule has 0 rings (SSSR count). The first-order valence-corrected chi connectivity index (χ1v) is 3.95. The monoisotopic (exact) mass is 515 g/mol. The molecule has 0 amide bonds. The first kappa shape index (κ1) is 51.3. The molecule has 0 saturated carbocycles. The smallest absolute Gasteiger partial charge is 1.00 e. The molecule has 0 saturated heterocycles. The third kappa shape index (κ3) is 202. The van der Waals surface area contributed by atoms with E-state index in [1.807, 2.05) is 0 Å². The predicted molar refractivity (Wildman–Crippen MR) is 54.3 cm³/mol. The van der Waals surface area contributed by atoms with E-state index in [0.29, 0.717) is 39.3 Å². The van der Waals surface area contributed by atoms with E-state index in [1.165, 1.54) is 0 Å². The van der Waals surface area contributed by atoms with Crippen molar-refractivity contribution >= 4 is 0 Å². The molecule has 0 aliphatic rings. The molecule has 0 radical (unpaired) electrons. The van der Waals surface area contributed by atoms with E-state index < -0.39 is 0 Å². The van der Waals surface area contributed by atoms with Gasteiger partial charge >= 0.3 is 21.1 Å². The average Bonchev–Trinajstić information content (AvgIpc) is 2.18. The van der Waals surface area contributed by atoms with Crippen molar-refractivity contribution in [2.24, 2.45) is 34.4 Å². The molecule has 0 heterocycles. The van der Waals surface area contributed by atoms with E-state index in [-0.39, 0.29) is 70.7 Å². The van der Waals surface area contributed by atoms with E-state index in [2.05, 4.69) is 0 Å². The van der Waals surface area contributed by atoms with Crippen LogP contribution >= 0.6 is 0 Å². The summed E-state index contributed by atoms with van der Waals surface area (Å²) in [6.45, 7) is 3.58. The minimum atomic E-state index is 0. The van der Waals surface area contributed by atoms with Gasteiger partial charge in [0.05, 0.1) is 0 Å². The Labute approximate surface area is 144 Å². The summed E-state index contributed by atoms with van der Waals surface area (Å²) in [5.74, 6) is 0. The third-order valence-corrected chi connectivity index (χ3v) is 0.500. The summed E-state index contributed by atoms with van der Waals surface area (Å²) in [7, 11) is 0. The SMILES string of the molecule is NCCN.NCCN.NCCN.[Cl-].[Cl-].[Cl-].[Cl-].[Pt+4]. The van der Waals surface area contributed by atoms with Gasteiger partial charge in [0.15, 0.2) is 0 Å². The van der Waals surface area contributed by atoms with Crippen molar-refractivity contribution in [1.29, 1.82) is 0 Å². The Hall–Kier alpha value is 1.61. The predicted octanol–water partition coefficient (Wildman–Crippen LogP) is -15.3. The van der Waals surface area contributed by atoms with Crippen LogP contribution in [0.15, 0.2) is 0 Å². The second-order valence-corrected chi connectivity index (χ2v) is 1.73. The van der Waals surface area contributed by atoms with Gasteiger partial charge in [-0.3, -0.25) is 0 Å². The van der Waals surface area contributed by atoms with Crippen LogP contribution in [0.1, 0.15) is 0 Å². The third-order valence-electron chi connectivity index (χ3n) is 0.500. The molecule has 0 aliphatic carbocycles. The van der Waals surface area contributed by atoms with Crippen molar-refractivity contribution in [3.63, 3.8) is 0 Å². The normalized spacial score (nSPS) is 5.29. The minimum absolute atomic E-state index is 0. The summed E-state index contributed by atoms with van der Waals surface area (Å²) in [6, 6.07) is 0. The molecule has 0 atom stereocenters. The van der Waals surface area contributed by atoms with E-state index in [1.54, 1.807) is 0 Å². The van der Waals surface area contributed by atoms with Gasteiger partial charge in [-0.15, -0.1) is 0 Å². The fourth-order valence-electron chi connectivity index (χ4n) is 0. The number of hydrogen-bond acceptors (Lipinski definition) is 6. The summed E-state index contributed by atoms with van der Waals surface area (Å²) in [4.78, 5) is 0. The van der Waals surface area contributed by atoms with Crippen LogP contribution in [0.3, 0.4) is 0 Å². The maximum Gasteiger partial charge on any atom is 4.00 e. The number of nitrogens with two attached hydrogens (primary N) is 6. The summed E-state index contributed by atoms with van der Waals surface area (Å²) >= 11 is 0. The number of rotatable bonds is 3. The van der Waals surface area contributed by atoms with Crippen molar-refractivity contribution < 1.29 is 70.7 Å². The van der Waals surface area contributed by atoms with Gasteiger partial charge in [-0.2, -0.15) is 0 Å². The quantitative estimate of drug-likeness (QED) is 0.219. The van der Waals surface area contributed by atoms with Gasteiger partial charge in [0.2, 0.25) is 0 Å². The zero-order valence-electron chi connectivity index (χ0n) is 9.53. The van der Waals surface area contributed by atoms with Gasteiger partial charge in [0, 0.05) is 39.3 Å². The van der Waals surface area contributed by atoms with Crippen LogP contribution in [0.25, 0.3) is 0 Å². The Morgan fingerprint density at radius 1 is 0.353 bits per heavy atom. The molecule has 0 fully saturated rings. The average molecular weight is 517 g/mol. The Morgan fingerprint density at radius 2 is 0.412 bits per heavy atom. The standard InChI is InChI=1S/3C2H8N2.4ClH.Pt/c3*3-1-2-4;;;;;/h3*1-4H2;4*1H;/q;;;;;;;+4/p-4. The minimum Gasteiger partial charge on any atom is -1.00 e. The van der Waals surface area contributed by atoms with Crippen LogP contribution < -0.4 is 84.0 Å². The summed E-state index contributed by atoms with van der Waals surface area (Å²) in [5.41, 5.74) is 29.4. The largest absolute Gasteiger partial charge is 4.00 e. The van der Waals surface area contributed by atoms with Gasteiger partial charge < -0.3 is 84.0 Å². The molecule has 0 aromatic rings. The molecule has 0 aliphatic heterocycles. The van der Waals surface area contributed by atoms with Crippen molar-refractivity contribution in [2.45, 2.75) is 0 Å². The van der Waals surface area contributed by atoms with Crippen molar-refractivity contribution in [3.8, 4) is 0 Å². The van der Waals surface area contributed by atoms with Gasteiger partial charge in [0.1, 0.15) is 0 Å². The molecule has 11 heteroatoms. The number of hydrogen-bond donors (Lipinski definition) is 6. The molecule has 0 spiro atoms. The molecule has 17 heavy (non-hydrogen) atoms. The van der Waals surface area contributed by atoms with E-state index in [4.69, 9.17) is 34.4 Å². The molecular weight excluding hydrogens is 493 g/mol. The zero-order chi connectivity index (χ0) is 10.2. The first-order chi connectivity index (χ1) is 5.74.